The summed E-state index contributed by atoms with van der Waals surface area (Å²) in [6.45, 7) is 7.23. The Morgan fingerprint density at radius 3 is 2.48 bits per heavy atom. The maximum absolute atomic E-state index is 11.9. The molecule has 1 heterocycles. The number of aryl methyl sites for hydroxylation is 1. The number of amides is 1. The second kappa shape index (κ2) is 7.48. The van der Waals surface area contributed by atoms with Gasteiger partial charge >= 0.3 is 12.1 Å². The number of alkyl carbamates (subject to hydrolysis) is 1. The molecule has 0 aliphatic rings. The Bertz CT molecular complexity index is 548. The minimum Gasteiger partial charge on any atom is -0.481 e. The van der Waals surface area contributed by atoms with Gasteiger partial charge < -0.3 is 15.2 Å². The van der Waals surface area contributed by atoms with E-state index in [1.807, 2.05) is 6.92 Å². The third-order valence-corrected chi connectivity index (χ3v) is 3.45. The van der Waals surface area contributed by atoms with Crippen LogP contribution in [-0.4, -0.2) is 39.1 Å². The molecule has 0 spiro atoms. The van der Waals surface area contributed by atoms with Gasteiger partial charge in [-0.25, -0.2) is 4.79 Å². The number of carbonyl (C=O) groups excluding carboxylic acids is 1. The van der Waals surface area contributed by atoms with Gasteiger partial charge in [-0.1, -0.05) is 13.3 Å². The van der Waals surface area contributed by atoms with Gasteiger partial charge in [-0.05, 0) is 39.2 Å². The molecule has 1 atom stereocenters. The summed E-state index contributed by atoms with van der Waals surface area (Å²) >= 11 is 0. The predicted molar refractivity (Wildman–Crippen MR) is 86.1 cm³/mol. The van der Waals surface area contributed by atoms with Gasteiger partial charge in [0.15, 0.2) is 0 Å². The third kappa shape index (κ3) is 5.92. The lowest BCUT2D eigenvalue weighted by Crippen LogP contribution is -2.46. The molecule has 0 aliphatic carbocycles. The van der Waals surface area contributed by atoms with E-state index in [0.717, 1.165) is 5.56 Å². The van der Waals surface area contributed by atoms with Gasteiger partial charge in [0, 0.05) is 19.8 Å². The predicted octanol–water partition coefficient (Wildman–Crippen LogP) is 2.36. The van der Waals surface area contributed by atoms with E-state index in [1.165, 1.54) is 0 Å². The number of rotatable bonds is 7. The Labute approximate surface area is 137 Å². The average Bonchev–Trinajstić information content (AvgIpc) is 2.79. The van der Waals surface area contributed by atoms with Crippen LogP contribution in [0.15, 0.2) is 12.4 Å². The number of ether oxygens (including phenoxy) is 1. The highest BCUT2D eigenvalue weighted by Crippen LogP contribution is 2.29. The number of carbonyl (C=O) groups is 2. The van der Waals surface area contributed by atoms with E-state index in [4.69, 9.17) is 4.74 Å². The molecule has 2 N–H and O–H groups in total. The van der Waals surface area contributed by atoms with Gasteiger partial charge in [0.05, 0.1) is 11.6 Å². The maximum atomic E-state index is 11.9. The molecule has 1 rings (SSSR count). The second-order valence-corrected chi connectivity index (χ2v) is 6.89. The summed E-state index contributed by atoms with van der Waals surface area (Å²) in [6, 6.07) is 0. The minimum absolute atomic E-state index is 0.0139. The summed E-state index contributed by atoms with van der Waals surface area (Å²) in [4.78, 5) is 23.7. The fourth-order valence-corrected chi connectivity index (χ4v) is 2.49. The van der Waals surface area contributed by atoms with Crippen molar-refractivity contribution in [2.45, 2.75) is 52.6 Å². The molecule has 0 bridgehead atoms. The zero-order valence-corrected chi connectivity index (χ0v) is 14.5. The van der Waals surface area contributed by atoms with Crippen molar-refractivity contribution in [3.8, 4) is 0 Å². The summed E-state index contributed by atoms with van der Waals surface area (Å²) in [6.07, 6.45) is 4.29. The van der Waals surface area contributed by atoms with Crippen LogP contribution in [0, 0.1) is 5.41 Å². The quantitative estimate of drug-likeness (QED) is 0.802. The largest absolute Gasteiger partial charge is 0.481 e. The van der Waals surface area contributed by atoms with E-state index in [-0.39, 0.29) is 6.54 Å². The Kier molecular flexibility index (Phi) is 6.18. The highest BCUT2D eigenvalue weighted by Gasteiger charge is 2.39. The lowest BCUT2D eigenvalue weighted by atomic mass is 9.78. The van der Waals surface area contributed by atoms with E-state index in [9.17, 15) is 14.7 Å². The Balaban J connectivity index is 2.86. The van der Waals surface area contributed by atoms with Crippen LogP contribution in [0.1, 0.15) is 46.1 Å². The molecule has 0 radical (unpaired) electrons. The van der Waals surface area contributed by atoms with Gasteiger partial charge in [-0.3, -0.25) is 9.48 Å². The minimum atomic E-state index is -1.07. The smallest absolute Gasteiger partial charge is 0.407 e. The first-order valence-electron chi connectivity index (χ1n) is 7.76. The summed E-state index contributed by atoms with van der Waals surface area (Å²) in [5.74, 6) is -0.931. The van der Waals surface area contributed by atoms with Crippen LogP contribution >= 0.6 is 0 Å². The molecule has 1 aromatic heterocycles. The van der Waals surface area contributed by atoms with Crippen molar-refractivity contribution < 1.29 is 19.4 Å². The molecule has 1 unspecified atom stereocenters. The normalized spacial score (nSPS) is 14.1. The van der Waals surface area contributed by atoms with Gasteiger partial charge in [0.1, 0.15) is 5.60 Å². The Morgan fingerprint density at radius 2 is 2.04 bits per heavy atom. The van der Waals surface area contributed by atoms with Crippen LogP contribution in [0.3, 0.4) is 0 Å². The number of carboxylic acids is 1. The summed E-state index contributed by atoms with van der Waals surface area (Å²) in [7, 11) is 1.78. The number of nitrogens with zero attached hydrogens (tertiary/aromatic N) is 2. The molecule has 130 valence electrons. The average molecular weight is 325 g/mol. The third-order valence-electron chi connectivity index (χ3n) is 3.45. The lowest BCUT2D eigenvalue weighted by molar-refractivity contribution is -0.149. The van der Waals surface area contributed by atoms with Crippen molar-refractivity contribution in [3.05, 3.63) is 18.0 Å². The van der Waals surface area contributed by atoms with Crippen LogP contribution in [0.2, 0.25) is 0 Å². The Hall–Kier alpha value is -2.05. The number of carboxylic acid groups (broad SMARTS) is 1. The fraction of sp³-hybridized carbons (Fsp3) is 0.688. The van der Waals surface area contributed by atoms with Crippen molar-refractivity contribution in [2.75, 3.05) is 6.54 Å². The first-order valence-corrected chi connectivity index (χ1v) is 7.76. The topological polar surface area (TPSA) is 93.5 Å². The van der Waals surface area contributed by atoms with Crippen LogP contribution in [0.25, 0.3) is 0 Å². The standard InChI is InChI=1S/C16H27N3O4/c1-6-7-16(13(20)21,8-12-9-18-19(5)10-12)11-17-14(22)23-15(2,3)4/h9-10H,6-8,11H2,1-5H3,(H,17,22)(H,20,21). The van der Waals surface area contributed by atoms with E-state index < -0.39 is 23.1 Å². The molecule has 0 saturated heterocycles. The van der Waals surface area contributed by atoms with E-state index in [0.29, 0.717) is 19.3 Å². The van der Waals surface area contributed by atoms with Gasteiger partial charge in [0.2, 0.25) is 0 Å². The Morgan fingerprint density at radius 1 is 1.39 bits per heavy atom. The number of aromatic nitrogens is 2. The number of nitrogens with one attached hydrogen (secondary N) is 1. The fourth-order valence-electron chi connectivity index (χ4n) is 2.49. The van der Waals surface area contributed by atoms with Crippen LogP contribution in [0.5, 0.6) is 0 Å². The van der Waals surface area contributed by atoms with Crippen LogP contribution < -0.4 is 5.32 Å². The van der Waals surface area contributed by atoms with Crippen molar-refractivity contribution in [3.63, 3.8) is 0 Å². The number of hydrogen-bond acceptors (Lipinski definition) is 4. The zero-order valence-electron chi connectivity index (χ0n) is 14.5. The summed E-state index contributed by atoms with van der Waals surface area (Å²) < 4.78 is 6.82. The molecule has 1 amide bonds. The highest BCUT2D eigenvalue weighted by molar-refractivity contribution is 5.77. The van der Waals surface area contributed by atoms with Gasteiger partial charge in [0.25, 0.3) is 0 Å². The molecule has 7 nitrogen and oxygen atoms in total. The maximum Gasteiger partial charge on any atom is 0.407 e. The van der Waals surface area contributed by atoms with Gasteiger partial charge in [-0.15, -0.1) is 0 Å². The highest BCUT2D eigenvalue weighted by atomic mass is 16.6. The molecular formula is C16H27N3O4. The van der Waals surface area contributed by atoms with Crippen LogP contribution in [-0.2, 0) is 23.0 Å². The monoisotopic (exact) mass is 325 g/mol. The van der Waals surface area contributed by atoms with Gasteiger partial charge in [-0.2, -0.15) is 5.10 Å². The van der Waals surface area contributed by atoms with Crippen LogP contribution in [0.4, 0.5) is 4.79 Å². The number of hydrogen-bond donors (Lipinski definition) is 2. The van der Waals surface area contributed by atoms with Crippen molar-refractivity contribution in [2.24, 2.45) is 12.5 Å². The number of aliphatic carboxylic acids is 1. The van der Waals surface area contributed by atoms with Crippen molar-refractivity contribution in [1.29, 1.82) is 0 Å². The van der Waals surface area contributed by atoms with E-state index >= 15 is 0 Å². The summed E-state index contributed by atoms with van der Waals surface area (Å²) in [5, 5.41) is 16.4. The summed E-state index contributed by atoms with van der Waals surface area (Å²) in [5.41, 5.74) is -0.868. The van der Waals surface area contributed by atoms with E-state index in [1.54, 1.807) is 44.9 Å². The molecule has 0 saturated carbocycles. The van der Waals surface area contributed by atoms with Crippen molar-refractivity contribution >= 4 is 12.1 Å². The van der Waals surface area contributed by atoms with E-state index in [2.05, 4.69) is 10.4 Å². The molecule has 0 fully saturated rings. The SMILES string of the molecule is CCCC(CNC(=O)OC(C)(C)C)(Cc1cnn(C)c1)C(=O)O. The molecule has 0 aromatic carbocycles. The molecule has 7 heteroatoms. The molecule has 23 heavy (non-hydrogen) atoms. The second-order valence-electron chi connectivity index (χ2n) is 6.89. The molecule has 1 aromatic rings. The molecular weight excluding hydrogens is 298 g/mol. The first-order chi connectivity index (χ1) is 10.6. The van der Waals surface area contributed by atoms with Crippen molar-refractivity contribution in [1.82, 2.24) is 15.1 Å². The first kappa shape index (κ1) is 19.0. The zero-order chi connectivity index (χ0) is 17.7. The molecule has 0 aliphatic heterocycles. The lowest BCUT2D eigenvalue weighted by Gasteiger charge is -2.29.